The van der Waals surface area contributed by atoms with Gasteiger partial charge >= 0.3 is 5.91 Å². The van der Waals surface area contributed by atoms with E-state index in [4.69, 9.17) is 4.74 Å². The fraction of sp³-hybridized carbons (Fsp3) is 0.143. The molecule has 4 heterocycles. The Bertz CT molecular complexity index is 1750. The molecule has 3 aromatic heterocycles. The highest BCUT2D eigenvalue weighted by Crippen LogP contribution is 2.45. The molecule has 1 amide bonds. The molecule has 9 heteroatoms. The summed E-state index contributed by atoms with van der Waals surface area (Å²) < 4.78 is 7.92. The number of pyridine rings is 1. The van der Waals surface area contributed by atoms with Crippen molar-refractivity contribution in [2.24, 2.45) is 0 Å². The molecule has 1 atom stereocenters. The number of carbonyl (C=O) groups excluding carboxylic acids is 2. The van der Waals surface area contributed by atoms with Crippen molar-refractivity contribution in [3.63, 3.8) is 0 Å². The van der Waals surface area contributed by atoms with Gasteiger partial charge in [-0.3, -0.25) is 18.9 Å². The highest BCUT2D eigenvalue weighted by atomic mass is 32.1. The number of anilines is 1. The quantitative estimate of drug-likeness (QED) is 0.203. The molecule has 6 rings (SSSR count). The van der Waals surface area contributed by atoms with Crippen molar-refractivity contribution in [2.45, 2.75) is 19.9 Å². The number of fused-ring (bicyclic) bond motifs is 2. The number of hydrogen-bond donors (Lipinski definition) is 1. The maximum atomic E-state index is 13.6. The number of imidazole rings is 1. The molecule has 0 radical (unpaired) electrons. The van der Waals surface area contributed by atoms with Crippen molar-refractivity contribution < 1.29 is 19.4 Å². The Morgan fingerprint density at radius 3 is 2.57 bits per heavy atom. The van der Waals surface area contributed by atoms with E-state index in [0.717, 1.165) is 15.8 Å². The highest BCUT2D eigenvalue weighted by molar-refractivity contribution is 7.22. The third-order valence-corrected chi connectivity index (χ3v) is 7.56. The van der Waals surface area contributed by atoms with Gasteiger partial charge in [-0.05, 0) is 61.4 Å². The highest BCUT2D eigenvalue weighted by Gasteiger charge is 2.48. The smallest absolute Gasteiger partial charge is 0.301 e. The first-order valence-electron chi connectivity index (χ1n) is 11.6. The minimum atomic E-state index is -0.888. The summed E-state index contributed by atoms with van der Waals surface area (Å²) in [6.45, 7) is 3.75. The Balaban J connectivity index is 1.60. The average molecular weight is 511 g/mol. The molecule has 0 saturated carbocycles. The van der Waals surface area contributed by atoms with Crippen LogP contribution >= 0.6 is 11.3 Å². The van der Waals surface area contributed by atoms with Crippen LogP contribution in [-0.4, -0.2) is 38.3 Å². The molecule has 1 unspecified atom stereocenters. The minimum Gasteiger partial charge on any atom is -0.505 e. The van der Waals surface area contributed by atoms with E-state index in [1.54, 1.807) is 48.9 Å². The van der Waals surface area contributed by atoms with Crippen molar-refractivity contribution in [2.75, 3.05) is 12.0 Å². The number of benzene rings is 2. The molecule has 2 aromatic carbocycles. The summed E-state index contributed by atoms with van der Waals surface area (Å²) in [6.07, 6.45) is 1.76. The molecule has 0 spiro atoms. The van der Waals surface area contributed by atoms with Gasteiger partial charge < -0.3 is 9.84 Å². The van der Waals surface area contributed by atoms with Crippen LogP contribution in [0, 0.1) is 13.8 Å². The predicted octanol–water partition coefficient (Wildman–Crippen LogP) is 5.20. The SMILES string of the molecule is COc1ccc(C2/C(=C(\O)c3c(C)nc4ccccn34)C(=O)C(=O)N2c2nc3ccc(C)cc3s2)cc1. The number of aliphatic hydroxyl groups is 1. The van der Waals surface area contributed by atoms with Crippen LogP contribution in [0.3, 0.4) is 0 Å². The second-order valence-electron chi connectivity index (χ2n) is 8.88. The number of Topliss-reactive ketones (excluding diaryl/α,β-unsaturated/α-hetero) is 1. The summed E-state index contributed by atoms with van der Waals surface area (Å²) in [4.78, 5) is 37.7. The molecular formula is C28H22N4O4S. The number of carbonyl (C=O) groups is 2. The van der Waals surface area contributed by atoms with Crippen molar-refractivity contribution >= 4 is 49.8 Å². The molecule has 0 bridgehead atoms. The van der Waals surface area contributed by atoms with E-state index in [1.807, 2.05) is 43.3 Å². The molecule has 1 N–H and O–H groups in total. The second kappa shape index (κ2) is 8.56. The molecule has 37 heavy (non-hydrogen) atoms. The zero-order valence-electron chi connectivity index (χ0n) is 20.3. The lowest BCUT2D eigenvalue weighted by Gasteiger charge is -2.23. The molecule has 1 aliphatic heterocycles. The molecule has 1 aliphatic rings. The Hall–Kier alpha value is -4.50. The molecule has 0 aliphatic carbocycles. The molecular weight excluding hydrogens is 488 g/mol. The number of methoxy groups -OCH3 is 1. The summed E-state index contributed by atoms with van der Waals surface area (Å²) in [7, 11) is 1.57. The van der Waals surface area contributed by atoms with Gasteiger partial charge in [0.05, 0.1) is 34.6 Å². The molecule has 184 valence electrons. The predicted molar refractivity (Wildman–Crippen MR) is 142 cm³/mol. The first kappa shape index (κ1) is 22.9. The average Bonchev–Trinajstić information content (AvgIpc) is 3.54. The third kappa shape index (κ3) is 3.58. The van der Waals surface area contributed by atoms with Gasteiger partial charge in [0, 0.05) is 6.20 Å². The number of rotatable bonds is 4. The Morgan fingerprint density at radius 1 is 1.03 bits per heavy atom. The van der Waals surface area contributed by atoms with Gasteiger partial charge in [-0.1, -0.05) is 35.6 Å². The summed E-state index contributed by atoms with van der Waals surface area (Å²) in [6, 6.07) is 17.5. The Kier molecular flexibility index (Phi) is 5.31. The number of aromatic nitrogens is 3. The van der Waals surface area contributed by atoms with Crippen LogP contribution in [0.15, 0.2) is 72.4 Å². The van der Waals surface area contributed by atoms with Gasteiger partial charge in [0.15, 0.2) is 10.9 Å². The zero-order chi connectivity index (χ0) is 25.8. The second-order valence-corrected chi connectivity index (χ2v) is 9.89. The van der Waals surface area contributed by atoms with Gasteiger partial charge in [0.2, 0.25) is 0 Å². The largest absolute Gasteiger partial charge is 0.505 e. The van der Waals surface area contributed by atoms with Crippen molar-refractivity contribution in [3.8, 4) is 5.75 Å². The third-order valence-electron chi connectivity index (χ3n) is 6.54. The van der Waals surface area contributed by atoms with Crippen LogP contribution in [0.1, 0.15) is 28.6 Å². The lowest BCUT2D eigenvalue weighted by atomic mass is 9.96. The van der Waals surface area contributed by atoms with Crippen molar-refractivity contribution in [1.29, 1.82) is 0 Å². The summed E-state index contributed by atoms with van der Waals surface area (Å²) in [5.74, 6) is -1.17. The molecule has 1 fully saturated rings. The van der Waals surface area contributed by atoms with Crippen LogP contribution in [0.5, 0.6) is 5.75 Å². The van der Waals surface area contributed by atoms with E-state index >= 15 is 0 Å². The first-order chi connectivity index (χ1) is 17.9. The van der Waals surface area contributed by atoms with Gasteiger partial charge in [0.25, 0.3) is 5.78 Å². The number of ketones is 1. The number of nitrogens with zero attached hydrogens (tertiary/aromatic N) is 4. The lowest BCUT2D eigenvalue weighted by Crippen LogP contribution is -2.29. The fourth-order valence-corrected chi connectivity index (χ4v) is 5.87. The number of ether oxygens (including phenoxy) is 1. The minimum absolute atomic E-state index is 0.0145. The van der Waals surface area contributed by atoms with Gasteiger partial charge in [-0.2, -0.15) is 0 Å². The normalized spacial score (nSPS) is 17.3. The van der Waals surface area contributed by atoms with Crippen molar-refractivity contribution in [3.05, 3.63) is 94.9 Å². The zero-order valence-corrected chi connectivity index (χ0v) is 21.1. The molecule has 8 nitrogen and oxygen atoms in total. The maximum Gasteiger partial charge on any atom is 0.301 e. The van der Waals surface area contributed by atoms with Crippen LogP contribution in [0.2, 0.25) is 0 Å². The van der Waals surface area contributed by atoms with E-state index in [9.17, 15) is 14.7 Å². The van der Waals surface area contributed by atoms with E-state index in [2.05, 4.69) is 9.97 Å². The number of aliphatic hydroxyl groups excluding tert-OH is 1. The Morgan fingerprint density at radius 2 is 1.81 bits per heavy atom. The van der Waals surface area contributed by atoms with Crippen LogP contribution in [-0.2, 0) is 9.59 Å². The molecule has 5 aromatic rings. The van der Waals surface area contributed by atoms with Gasteiger partial charge in [-0.25, -0.2) is 9.97 Å². The summed E-state index contributed by atoms with van der Waals surface area (Å²) in [5.41, 5.74) is 3.96. The first-order valence-corrected chi connectivity index (χ1v) is 12.4. The van der Waals surface area contributed by atoms with Gasteiger partial charge in [0.1, 0.15) is 17.1 Å². The van der Waals surface area contributed by atoms with Crippen molar-refractivity contribution in [1.82, 2.24) is 14.4 Å². The van der Waals surface area contributed by atoms with Crippen LogP contribution in [0.25, 0.3) is 21.6 Å². The van der Waals surface area contributed by atoms with E-state index in [-0.39, 0.29) is 11.3 Å². The standard InChI is InChI=1S/C28H22N4O4S/c1-15-7-12-19-20(14-15)37-28(30-19)32-24(17-8-10-18(36-3)11-9-17)22(26(34)27(32)35)25(33)23-16(2)29-21-6-4-5-13-31(21)23/h4-14,24,33H,1-3H3/b25-22+. The molecule has 1 saturated heterocycles. The van der Waals surface area contributed by atoms with E-state index < -0.39 is 17.7 Å². The number of thiazole rings is 1. The monoisotopic (exact) mass is 510 g/mol. The maximum absolute atomic E-state index is 13.6. The number of amides is 1. The van der Waals surface area contributed by atoms with Crippen LogP contribution < -0.4 is 9.64 Å². The number of hydrogen-bond acceptors (Lipinski definition) is 7. The van der Waals surface area contributed by atoms with E-state index in [0.29, 0.717) is 33.5 Å². The van der Waals surface area contributed by atoms with Gasteiger partial charge in [-0.15, -0.1) is 0 Å². The lowest BCUT2D eigenvalue weighted by molar-refractivity contribution is -0.132. The fourth-order valence-electron chi connectivity index (χ4n) is 4.78. The van der Waals surface area contributed by atoms with Crippen LogP contribution in [0.4, 0.5) is 5.13 Å². The topological polar surface area (TPSA) is 97.0 Å². The summed E-state index contributed by atoms with van der Waals surface area (Å²) in [5, 5.41) is 12.0. The Labute approximate surface area is 216 Å². The van der Waals surface area contributed by atoms with E-state index in [1.165, 1.54) is 16.2 Å². The number of aryl methyl sites for hydroxylation is 2. The summed E-state index contributed by atoms with van der Waals surface area (Å²) >= 11 is 1.33.